The minimum atomic E-state index is -4.78. The van der Waals surface area contributed by atoms with Crippen LogP contribution in [0.15, 0.2) is 42.5 Å². The molecule has 0 aromatic heterocycles. The van der Waals surface area contributed by atoms with Crippen molar-refractivity contribution in [3.63, 3.8) is 0 Å². The summed E-state index contributed by atoms with van der Waals surface area (Å²) in [5.74, 6) is 0.0635. The summed E-state index contributed by atoms with van der Waals surface area (Å²) in [6.45, 7) is 6.10. The van der Waals surface area contributed by atoms with Gasteiger partial charge in [0.05, 0.1) is 62.5 Å². The molecule has 0 radical (unpaired) electrons. The minimum Gasteiger partial charge on any atom is -0.494 e. The van der Waals surface area contributed by atoms with Crippen LogP contribution in [0.5, 0.6) is 5.75 Å². The Morgan fingerprint density at radius 3 is 2.16 bits per heavy atom. The maximum atomic E-state index is 13.6. The second-order valence-electron chi connectivity index (χ2n) is 9.92. The number of rotatable bonds is 16. The number of anilines is 2. The molecule has 0 bridgehead atoms. The van der Waals surface area contributed by atoms with E-state index in [4.69, 9.17) is 41.5 Å². The molecule has 2 amide bonds. The lowest BCUT2D eigenvalue weighted by molar-refractivity contribution is -0.137. The van der Waals surface area contributed by atoms with Gasteiger partial charge in [-0.1, -0.05) is 0 Å². The predicted molar refractivity (Wildman–Crippen MR) is 158 cm³/mol. The number of hydrogen-bond donors (Lipinski definition) is 2. The van der Waals surface area contributed by atoms with Gasteiger partial charge in [-0.25, -0.2) is 4.79 Å². The summed E-state index contributed by atoms with van der Waals surface area (Å²) in [4.78, 5) is 26.3. The molecule has 15 heteroatoms. The van der Waals surface area contributed by atoms with E-state index in [1.807, 2.05) is 0 Å². The number of nitrogens with zero attached hydrogens (tertiary/aromatic N) is 3. The van der Waals surface area contributed by atoms with Crippen molar-refractivity contribution in [1.29, 1.82) is 5.26 Å². The maximum absolute atomic E-state index is 13.6. The molecule has 3 rings (SSSR count). The number of nitriles is 1. The Morgan fingerprint density at radius 2 is 1.57 bits per heavy atom. The van der Waals surface area contributed by atoms with E-state index in [1.165, 1.54) is 12.1 Å². The van der Waals surface area contributed by atoms with E-state index in [0.717, 1.165) is 17.0 Å². The highest BCUT2D eigenvalue weighted by Crippen LogP contribution is 2.39. The lowest BCUT2D eigenvalue weighted by atomic mass is 10.0. The molecule has 0 saturated carbocycles. The van der Waals surface area contributed by atoms with Gasteiger partial charge in [0.1, 0.15) is 11.3 Å². The highest BCUT2D eigenvalue weighted by molar-refractivity contribution is 7.81. The quantitative estimate of drug-likeness (QED) is 0.199. The number of carboxylic acid groups (broad SMARTS) is 1. The number of carbonyl (C=O) groups is 2. The van der Waals surface area contributed by atoms with Gasteiger partial charge < -0.3 is 34.3 Å². The Balaban J connectivity index is 1.45. The molecule has 11 nitrogen and oxygen atoms in total. The van der Waals surface area contributed by atoms with E-state index in [9.17, 15) is 22.8 Å². The number of nitrogens with one attached hydrogen (secondary N) is 1. The molecule has 0 atom stereocenters. The lowest BCUT2D eigenvalue weighted by Gasteiger charge is -2.29. The Morgan fingerprint density at radius 1 is 0.977 bits per heavy atom. The molecule has 2 aromatic rings. The molecule has 1 heterocycles. The van der Waals surface area contributed by atoms with Crippen LogP contribution in [0.3, 0.4) is 0 Å². The van der Waals surface area contributed by atoms with Crippen molar-refractivity contribution in [1.82, 2.24) is 5.32 Å². The molecular formula is C29H33F3N4O7S. The summed E-state index contributed by atoms with van der Waals surface area (Å²) in [7, 11) is 0. The van der Waals surface area contributed by atoms with Gasteiger partial charge in [-0.3, -0.25) is 9.69 Å². The monoisotopic (exact) mass is 638 g/mol. The molecule has 44 heavy (non-hydrogen) atoms. The molecule has 1 saturated heterocycles. The topological polar surface area (TPSA) is 134 Å². The van der Waals surface area contributed by atoms with Crippen molar-refractivity contribution >= 4 is 40.7 Å². The van der Waals surface area contributed by atoms with Crippen LogP contribution in [-0.4, -0.2) is 80.6 Å². The Bertz CT molecular complexity index is 1350. The lowest BCUT2D eigenvalue weighted by Crippen LogP contribution is -2.44. The van der Waals surface area contributed by atoms with Crippen molar-refractivity contribution in [2.75, 3.05) is 62.6 Å². The summed E-state index contributed by atoms with van der Waals surface area (Å²) in [6, 6.07) is 11.4. The van der Waals surface area contributed by atoms with Crippen LogP contribution >= 0.6 is 12.2 Å². The number of carbonyl (C=O) groups excluding carboxylic acids is 1. The molecule has 0 spiro atoms. The number of alkyl halides is 3. The zero-order valence-corrected chi connectivity index (χ0v) is 25.0. The van der Waals surface area contributed by atoms with Crippen LogP contribution in [0.25, 0.3) is 0 Å². The van der Waals surface area contributed by atoms with Gasteiger partial charge >= 0.3 is 12.3 Å². The number of amides is 2. The first kappa shape index (κ1) is 34.5. The zero-order valence-electron chi connectivity index (χ0n) is 24.2. The van der Waals surface area contributed by atoms with Crippen molar-refractivity contribution in [2.24, 2.45) is 0 Å². The fourth-order valence-electron chi connectivity index (χ4n) is 4.27. The summed E-state index contributed by atoms with van der Waals surface area (Å²) >= 11 is 5.56. The minimum absolute atomic E-state index is 0.00759. The Kier molecular flexibility index (Phi) is 12.3. The molecule has 0 aliphatic carbocycles. The first-order chi connectivity index (χ1) is 20.9. The van der Waals surface area contributed by atoms with Crippen LogP contribution in [0, 0.1) is 11.3 Å². The summed E-state index contributed by atoms with van der Waals surface area (Å²) in [5, 5.41) is 19.7. The highest BCUT2D eigenvalue weighted by atomic mass is 32.1. The van der Waals surface area contributed by atoms with Crippen LogP contribution in [0.1, 0.15) is 31.4 Å². The SMILES string of the molecule is CC1(C)C(=O)N(c2ccc(C#N)c(C(F)(F)F)c2)C(=S)N1c1ccc(OCCCOCCOCCOCCNC(=O)O)cc1. The van der Waals surface area contributed by atoms with Gasteiger partial charge in [0.15, 0.2) is 5.11 Å². The number of hydrogen-bond acceptors (Lipinski definition) is 8. The third-order valence-electron chi connectivity index (χ3n) is 6.42. The van der Waals surface area contributed by atoms with Crippen LogP contribution < -0.4 is 19.9 Å². The van der Waals surface area contributed by atoms with E-state index in [-0.39, 0.29) is 24.0 Å². The largest absolute Gasteiger partial charge is 0.494 e. The molecule has 0 unspecified atom stereocenters. The second kappa shape index (κ2) is 15.7. The smallest absolute Gasteiger partial charge is 0.417 e. The van der Waals surface area contributed by atoms with Crippen LogP contribution in [-0.2, 0) is 25.2 Å². The molecule has 1 aliphatic heterocycles. The van der Waals surface area contributed by atoms with E-state index in [0.29, 0.717) is 57.5 Å². The van der Waals surface area contributed by atoms with E-state index in [2.05, 4.69) is 5.32 Å². The Hall–Kier alpha value is -3.97. The van der Waals surface area contributed by atoms with Crippen molar-refractivity contribution in [3.05, 3.63) is 53.6 Å². The van der Waals surface area contributed by atoms with E-state index >= 15 is 0 Å². The fourth-order valence-corrected chi connectivity index (χ4v) is 4.80. The fraction of sp³-hybridized carbons (Fsp3) is 0.448. The van der Waals surface area contributed by atoms with Gasteiger partial charge in [0, 0.05) is 25.3 Å². The van der Waals surface area contributed by atoms with Gasteiger partial charge in [-0.15, -0.1) is 0 Å². The van der Waals surface area contributed by atoms with E-state index < -0.39 is 34.8 Å². The number of ether oxygens (including phenoxy) is 4. The number of thiocarbonyl (C=S) groups is 1. The standard InChI is InChI=1S/C29H33F3N4O7S/c1-28(2)25(37)35(22-5-4-20(19-33)24(18-22)29(30,31)32)27(44)36(28)21-6-8-23(9-7-21)43-12-3-11-40-14-16-42-17-15-41-13-10-34-26(38)39/h4-9,18,34H,3,10-17H2,1-2H3,(H,38,39). The van der Waals surface area contributed by atoms with Gasteiger partial charge in [0.25, 0.3) is 5.91 Å². The van der Waals surface area contributed by atoms with Crippen molar-refractivity contribution < 1.29 is 46.8 Å². The number of halogens is 3. The second-order valence-corrected chi connectivity index (χ2v) is 10.3. The molecule has 2 N–H and O–H groups in total. The average Bonchev–Trinajstić information content (AvgIpc) is 3.15. The third kappa shape index (κ3) is 9.02. The third-order valence-corrected chi connectivity index (χ3v) is 6.78. The first-order valence-electron chi connectivity index (χ1n) is 13.6. The van der Waals surface area contributed by atoms with Gasteiger partial charge in [-0.05, 0) is 68.5 Å². The molecule has 1 aliphatic rings. The van der Waals surface area contributed by atoms with Crippen molar-refractivity contribution in [3.8, 4) is 11.8 Å². The maximum Gasteiger partial charge on any atom is 0.417 e. The first-order valence-corrected chi connectivity index (χ1v) is 14.0. The molecule has 1 fully saturated rings. The normalized spacial score (nSPS) is 14.5. The molecule has 2 aromatic carbocycles. The Labute approximate surface area is 258 Å². The predicted octanol–water partition coefficient (Wildman–Crippen LogP) is 4.58. The van der Waals surface area contributed by atoms with Crippen molar-refractivity contribution in [2.45, 2.75) is 32.0 Å². The van der Waals surface area contributed by atoms with Gasteiger partial charge in [0.2, 0.25) is 0 Å². The summed E-state index contributed by atoms with van der Waals surface area (Å²) in [5.41, 5.74) is -2.41. The number of benzene rings is 2. The van der Waals surface area contributed by atoms with Crippen LogP contribution in [0.2, 0.25) is 0 Å². The molecular weight excluding hydrogens is 605 g/mol. The van der Waals surface area contributed by atoms with E-state index in [1.54, 1.807) is 43.0 Å². The highest BCUT2D eigenvalue weighted by Gasteiger charge is 2.50. The summed E-state index contributed by atoms with van der Waals surface area (Å²) < 4.78 is 62.5. The molecule has 238 valence electrons. The average molecular weight is 639 g/mol. The summed E-state index contributed by atoms with van der Waals surface area (Å²) in [6.07, 6.45) is -5.25. The zero-order chi connectivity index (χ0) is 32.3. The van der Waals surface area contributed by atoms with Crippen LogP contribution in [0.4, 0.5) is 29.3 Å². The van der Waals surface area contributed by atoms with Gasteiger partial charge in [-0.2, -0.15) is 18.4 Å².